The number of nitrogens with two attached hydrogens (primary N) is 4. The summed E-state index contributed by atoms with van der Waals surface area (Å²) in [4.78, 5) is 128. The SMILES string of the molecule is CC(=O)c1ccc(C(=O)CCc2ccc(C(=O)N3CCN(CCOCCO)CC3)cc2)s1.CCc1ccc(C(=O)N2CCN(CCOCCO)CC2)cc1.CCc1ccc(C(=O)O)cc1.Cl.NCC(=O)c1ccc(C(=O)CCc2ccc(C(=O)N3CCN(CCOCCO)CC3)cc2)s1.NCc1ccc(C(=O)N2CCN(CCOCCO)CC2)cc1.NN.[2H]CI. The van der Waals surface area contributed by atoms with E-state index < -0.39 is 5.97 Å². The van der Waals surface area contributed by atoms with Gasteiger partial charge in [0.1, 0.15) is 0 Å². The molecule has 13 N–H and O–H groups in total. The number of piperazine rings is 4. The van der Waals surface area contributed by atoms with Crippen LogP contribution in [0.5, 0.6) is 0 Å². The van der Waals surface area contributed by atoms with Gasteiger partial charge in [0.2, 0.25) is 0 Å². The monoisotopic (exact) mass is 1910 g/mol. The molecule has 7 aromatic rings. The molecule has 30 nitrogen and oxygen atoms in total. The number of carboxylic acid groups (broad SMARTS) is 1. The van der Waals surface area contributed by atoms with Crippen LogP contribution in [0.4, 0.5) is 0 Å². The molecule has 688 valence electrons. The molecule has 11 rings (SSSR count). The number of aliphatic hydroxyl groups is 4. The molecule has 0 saturated carbocycles. The molecule has 0 unspecified atom stereocenters. The number of hydrogen-bond donors (Lipinski definition) is 9. The van der Waals surface area contributed by atoms with Crippen molar-refractivity contribution in [2.24, 2.45) is 23.2 Å². The number of benzene rings is 5. The van der Waals surface area contributed by atoms with Crippen LogP contribution in [0.15, 0.2) is 146 Å². The zero-order chi connectivity index (χ0) is 91.1. The van der Waals surface area contributed by atoms with Gasteiger partial charge in [-0.15, -0.1) is 35.1 Å². The maximum absolute atomic E-state index is 12.8. The lowest BCUT2D eigenvalue weighted by Gasteiger charge is -2.34. The van der Waals surface area contributed by atoms with Gasteiger partial charge in [0.25, 0.3) is 23.6 Å². The van der Waals surface area contributed by atoms with Crippen LogP contribution in [0, 0.1) is 0 Å². The largest absolute Gasteiger partial charge is 0.478 e. The Hall–Kier alpha value is -8.09. The molecular weight excluding hydrogens is 1780 g/mol. The summed E-state index contributed by atoms with van der Waals surface area (Å²) in [5.74, 6) is 7.23. The normalized spacial score (nSPS) is 14.2. The topological polar surface area (TPSA) is 422 Å². The van der Waals surface area contributed by atoms with Gasteiger partial charge < -0.3 is 75.5 Å². The fourth-order valence-electron chi connectivity index (χ4n) is 13.2. The van der Waals surface area contributed by atoms with Crippen molar-refractivity contribution < 1.29 is 89.0 Å². The number of Topliss-reactive ketones (excluding diaryl/α,β-unsaturated/α-hetero) is 4. The van der Waals surface area contributed by atoms with Gasteiger partial charge in [-0.05, 0) is 150 Å². The van der Waals surface area contributed by atoms with Crippen LogP contribution in [0.2, 0.25) is 0 Å². The van der Waals surface area contributed by atoms with E-state index in [-0.39, 0.29) is 92.1 Å². The van der Waals surface area contributed by atoms with Gasteiger partial charge in [-0.1, -0.05) is 97.1 Å². The minimum absolute atomic E-state index is 0. The highest BCUT2D eigenvalue weighted by molar-refractivity contribution is 14.1. The molecule has 0 atom stereocenters. The van der Waals surface area contributed by atoms with E-state index in [1.54, 1.807) is 36.4 Å². The number of nitrogens with zero attached hydrogens (tertiary/aromatic N) is 8. The Kier molecular flexibility index (Phi) is 54.8. The summed E-state index contributed by atoms with van der Waals surface area (Å²) < 4.78 is 27.4. The number of aromatic carboxylic acids is 1. The molecule has 5 aromatic carbocycles. The first-order chi connectivity index (χ1) is 60.6. The summed E-state index contributed by atoms with van der Waals surface area (Å²) in [6, 6.07) is 44.0. The van der Waals surface area contributed by atoms with Crippen LogP contribution >= 0.6 is 57.7 Å². The molecule has 0 bridgehead atoms. The van der Waals surface area contributed by atoms with Crippen molar-refractivity contribution in [3.05, 3.63) is 221 Å². The zero-order valence-corrected chi connectivity index (χ0v) is 77.0. The molecule has 4 saturated heterocycles. The first-order valence-corrected chi connectivity index (χ1v) is 45.2. The number of thiophene rings is 2. The smallest absolute Gasteiger partial charge is 0.335 e. The minimum Gasteiger partial charge on any atom is -0.478 e. The van der Waals surface area contributed by atoms with Gasteiger partial charge in [0.05, 0.1) is 111 Å². The van der Waals surface area contributed by atoms with Crippen molar-refractivity contribution in [1.29, 1.82) is 0 Å². The van der Waals surface area contributed by atoms with Crippen molar-refractivity contribution in [2.75, 3.05) is 222 Å². The Bertz CT molecular complexity index is 4180. The molecule has 2 aromatic heterocycles. The zero-order valence-electron chi connectivity index (χ0n) is 73.4. The Morgan fingerprint density at radius 3 is 0.840 bits per heavy atom. The first-order valence-electron chi connectivity index (χ1n) is 42.7. The van der Waals surface area contributed by atoms with E-state index in [1.165, 1.54) is 35.2 Å². The highest BCUT2D eigenvalue weighted by Crippen LogP contribution is 2.23. The first kappa shape index (κ1) is 107. The van der Waals surface area contributed by atoms with E-state index in [9.17, 15) is 43.2 Å². The molecule has 4 amide bonds. The summed E-state index contributed by atoms with van der Waals surface area (Å²) in [7, 11) is 0. The average Bonchev–Trinajstić information content (AvgIpc) is 1.06. The van der Waals surface area contributed by atoms with Crippen LogP contribution < -0.4 is 23.2 Å². The molecular formula is C91H130ClIN12O18S2. The molecule has 4 aliphatic heterocycles. The van der Waals surface area contributed by atoms with Crippen molar-refractivity contribution >= 4 is 110 Å². The quantitative estimate of drug-likeness (QED) is 0.00460. The number of amides is 4. The number of rotatable bonds is 39. The average molecular weight is 1910 g/mol. The number of ketones is 4. The lowest BCUT2D eigenvalue weighted by Crippen LogP contribution is -2.49. The third-order valence-corrected chi connectivity index (χ3v) is 23.1. The van der Waals surface area contributed by atoms with E-state index in [4.69, 9.17) is 57.3 Å². The molecule has 0 aliphatic carbocycles. The van der Waals surface area contributed by atoms with Crippen LogP contribution in [0.1, 0.15) is 153 Å². The lowest BCUT2D eigenvalue weighted by atomic mass is 10.0. The van der Waals surface area contributed by atoms with E-state index in [2.05, 4.69) is 38.2 Å². The summed E-state index contributed by atoms with van der Waals surface area (Å²) in [5.41, 5.74) is 19.5. The number of ether oxygens (including phenoxy) is 4. The van der Waals surface area contributed by atoms with Crippen molar-refractivity contribution in [3.63, 3.8) is 0 Å². The van der Waals surface area contributed by atoms with Crippen molar-refractivity contribution in [1.82, 2.24) is 39.2 Å². The number of carbonyl (C=O) groups excluding carboxylic acids is 8. The Morgan fingerprint density at radius 1 is 0.368 bits per heavy atom. The maximum Gasteiger partial charge on any atom is 0.335 e. The Morgan fingerprint density at radius 2 is 0.608 bits per heavy atom. The Balaban J connectivity index is 0.000000335. The van der Waals surface area contributed by atoms with Gasteiger partial charge in [-0.3, -0.25) is 69.6 Å². The second kappa shape index (κ2) is 63.8. The third-order valence-electron chi connectivity index (χ3n) is 20.7. The van der Waals surface area contributed by atoms with Crippen molar-refractivity contribution in [3.8, 4) is 0 Å². The van der Waals surface area contributed by atoms with Gasteiger partial charge in [0.15, 0.2) is 23.1 Å². The Labute approximate surface area is 765 Å². The van der Waals surface area contributed by atoms with Crippen LogP contribution in [-0.2, 0) is 51.2 Å². The van der Waals surface area contributed by atoms with E-state index in [0.29, 0.717) is 152 Å². The van der Waals surface area contributed by atoms with Crippen LogP contribution in [0.25, 0.3) is 0 Å². The highest BCUT2D eigenvalue weighted by Gasteiger charge is 2.27. The van der Waals surface area contributed by atoms with Gasteiger partial charge >= 0.3 is 5.97 Å². The number of carboxylic acids is 1. The van der Waals surface area contributed by atoms with E-state index in [0.717, 1.165) is 151 Å². The number of hydrazine groups is 1. The molecule has 4 fully saturated rings. The minimum atomic E-state index is -0.868. The molecule has 34 heteroatoms. The van der Waals surface area contributed by atoms with Crippen molar-refractivity contribution in [2.45, 2.75) is 65.8 Å². The number of alkyl halides is 1. The molecule has 0 radical (unpaired) electrons. The van der Waals surface area contributed by atoms with E-state index in [1.807, 2.05) is 158 Å². The fraction of sp³-hybridized carbons (Fsp3) is 0.484. The van der Waals surface area contributed by atoms with Crippen LogP contribution in [0.3, 0.4) is 0 Å². The molecule has 6 heterocycles. The number of halogens is 2. The number of aliphatic hydroxyl groups excluding tert-OH is 4. The maximum atomic E-state index is 12.8. The lowest BCUT2D eigenvalue weighted by molar-refractivity contribution is 0.0483. The molecule has 0 spiro atoms. The molecule has 125 heavy (non-hydrogen) atoms. The fourth-order valence-corrected chi connectivity index (χ4v) is 15.0. The summed E-state index contributed by atoms with van der Waals surface area (Å²) in [6.07, 6.45) is 3.81. The number of hydrogen-bond acceptors (Lipinski definition) is 27. The van der Waals surface area contributed by atoms with Crippen LogP contribution in [-0.4, -0.2) is 339 Å². The second-order valence-corrected chi connectivity index (χ2v) is 31.1. The predicted octanol–water partition coefficient (Wildman–Crippen LogP) is 7.17. The summed E-state index contributed by atoms with van der Waals surface area (Å²) >= 11 is 4.39. The van der Waals surface area contributed by atoms with Gasteiger partial charge in [0, 0.05) is 174 Å². The summed E-state index contributed by atoms with van der Waals surface area (Å²) in [6.45, 7) is 25.9. The second-order valence-electron chi connectivity index (χ2n) is 28.9. The predicted molar refractivity (Wildman–Crippen MR) is 500 cm³/mol. The van der Waals surface area contributed by atoms with E-state index >= 15 is 0 Å². The highest BCUT2D eigenvalue weighted by atomic mass is 127. The van der Waals surface area contributed by atoms with Gasteiger partial charge in [-0.2, -0.15) is 0 Å². The standard InChI is InChI=1S/C24H31N3O5S.C24H30N2O5S.C17H26N2O3.C16H25N3O3.C9H10O2.CH3I.ClH.H4N2/c25-17-21(30)23-8-7-22(33-23)20(29)6-3-18-1-4-19(5-2-18)24(31)27-11-9-26(10-12-27)13-15-32-16-14-28;1-18(28)22-8-9-23(32-22)21(29)7-4-19-2-5-20(6-3-19)24(30)26-12-10-25(11-13-26)14-16-31-17-15-27;1-2-15-3-5-16(6-4-15)17(21)19-9-7-18(8-10-19)11-13-22-14-12-20;17-13-14-1-3-15(4-2-14)16(21)19-7-5-18(6-8-19)9-11-22-12-10-20;1-2-7-3-5-8(6-4-7)9(10)11;1-2;;1-2/h1-2,4-5,7-8,28H,3,6,9-17,25H2;2-3,5-6,8-9,27H,4,7,10-17H2,1H3;3-6,20H,2,7-14H2,1H3;1-4,20H,5-13,17H2;3-6H,2H2,1H3,(H,10,11);1H3;1H;1-2H2/i;;;;;1D;;. The summed E-state index contributed by atoms with van der Waals surface area (Å²) in [5, 5.41) is 43.3. The van der Waals surface area contributed by atoms with Gasteiger partial charge in [-0.25, -0.2) is 4.79 Å². The number of carbonyl (C=O) groups is 9. The molecule has 4 aliphatic rings. The number of aryl methyl sites for hydroxylation is 4. The third kappa shape index (κ3) is 40.0.